The van der Waals surface area contributed by atoms with Crippen LogP contribution < -0.4 is 25.0 Å². The van der Waals surface area contributed by atoms with Crippen molar-refractivity contribution in [3.05, 3.63) is 162 Å². The van der Waals surface area contributed by atoms with Gasteiger partial charge in [0.1, 0.15) is 17.3 Å². The third-order valence-corrected chi connectivity index (χ3v) is 31.9. The Bertz CT molecular complexity index is 3710. The Morgan fingerprint density at radius 1 is 0.534 bits per heavy atom. The molecule has 3 aliphatic heterocycles. The number of hydrogen-bond acceptors (Lipinski definition) is 22. The number of carbonyl (C=O) groups excluding carboxylic acids is 11. The van der Waals surface area contributed by atoms with Gasteiger partial charge in [0.25, 0.3) is 23.6 Å². The van der Waals surface area contributed by atoms with Gasteiger partial charge < -0.3 is 35.3 Å². The minimum atomic E-state index is -6.09. The zero-order valence-corrected chi connectivity index (χ0v) is 66.5. The van der Waals surface area contributed by atoms with Crippen LogP contribution in [0, 0.1) is 18.8 Å². The SMILES string of the molecule is CCC[CH2][Sn]([CH2]CCC)([CH2]CCC)[c]1cccc(C(=O)ON2C(=O)CCC2=O)c1.CCOC(=O)c1ccc([N+](C)(C)C)cc1.CN.CN.CNOC(=O)c1ccc([18F])c([125I])c1.O=C(ON1C(=O)CCC1=O)c1ccc([18F])cc1.O=C(ON1C(=O)CCC1=O)c1cccc([125I])c1.O=S(=O)([O-])C(F)(F)F. The number of rotatable bonds is 21. The van der Waals surface area contributed by atoms with Gasteiger partial charge in [-0.1, -0.05) is 6.07 Å². The second-order valence-electron chi connectivity index (χ2n) is 22.5. The van der Waals surface area contributed by atoms with E-state index in [1.165, 1.54) is 107 Å². The Morgan fingerprint density at radius 3 is 1.23 bits per heavy atom. The van der Waals surface area contributed by atoms with Gasteiger partial charge in [0.2, 0.25) is 0 Å². The maximum atomic E-state index is 12.8. The van der Waals surface area contributed by atoms with Crippen LogP contribution in [-0.2, 0) is 63.0 Å². The minimum absolute atomic E-state index is 0.0372. The van der Waals surface area contributed by atoms with Gasteiger partial charge in [0.15, 0.2) is 10.1 Å². The van der Waals surface area contributed by atoms with Gasteiger partial charge in [0.05, 0.1) is 50.0 Å². The number of esters is 1. The summed E-state index contributed by atoms with van der Waals surface area (Å²) in [5.74, 6) is -6.75. The molecule has 3 heterocycles. The molecule has 26 nitrogen and oxygen atoms in total. The zero-order chi connectivity index (χ0) is 78.4. The van der Waals surface area contributed by atoms with Crippen LogP contribution in [0.2, 0.25) is 13.3 Å². The summed E-state index contributed by atoms with van der Waals surface area (Å²) in [6.07, 6.45) is 7.79. The fourth-order valence-corrected chi connectivity index (χ4v) is 26.0. The Morgan fingerprint density at radius 2 is 0.883 bits per heavy atom. The molecule has 6 amide bonds. The molecule has 8 rings (SSSR count). The Hall–Kier alpha value is -7.47. The molecule has 5 aromatic rings. The number of alkyl halides is 3. The predicted octanol–water partition coefficient (Wildman–Crippen LogP) is 10.5. The number of quaternary nitrogens is 1. The van der Waals surface area contributed by atoms with Crippen LogP contribution in [0.4, 0.5) is 27.6 Å². The van der Waals surface area contributed by atoms with Gasteiger partial charge in [0, 0.05) is 39.9 Å². The van der Waals surface area contributed by atoms with Crippen molar-refractivity contribution < 1.29 is 112 Å². The Labute approximate surface area is 626 Å². The predicted molar refractivity (Wildman–Crippen MR) is 388 cm³/mol. The van der Waals surface area contributed by atoms with E-state index < -0.39 is 99.1 Å². The number of hydroxylamine groups is 7. The molecule has 103 heavy (non-hydrogen) atoms. The number of amides is 6. The van der Waals surface area contributed by atoms with Crippen LogP contribution in [-0.4, -0.2) is 166 Å². The summed E-state index contributed by atoms with van der Waals surface area (Å²) >= 11 is 1.21. The largest absolute Gasteiger partial charge is 0.741 e. The number of nitrogens with zero attached hydrogens (tertiary/aromatic N) is 4. The van der Waals surface area contributed by atoms with Crippen LogP contribution in [0.15, 0.2) is 115 Å². The molecule has 0 unspecified atom stereocenters. The molecule has 566 valence electrons. The van der Waals surface area contributed by atoms with Crippen molar-refractivity contribution in [1.29, 1.82) is 0 Å². The second kappa shape index (κ2) is 47.1. The van der Waals surface area contributed by atoms with Gasteiger partial charge in [-0.2, -0.15) is 18.7 Å². The smallest absolute Gasteiger partial charge is 0.485 e. The van der Waals surface area contributed by atoms with Gasteiger partial charge in [-0.3, -0.25) is 23.7 Å². The molecule has 0 aromatic heterocycles. The number of benzene rings is 5. The van der Waals surface area contributed by atoms with E-state index in [0.717, 1.165) is 25.9 Å². The number of unbranched alkanes of at least 4 members (excludes halogenated alkanes) is 3. The summed E-state index contributed by atoms with van der Waals surface area (Å²) in [5, 5.41) is 1.63. The molecule has 0 spiro atoms. The molecule has 3 saturated heterocycles. The number of nitrogens with two attached hydrogens (primary N) is 2. The van der Waals surface area contributed by atoms with E-state index in [2.05, 4.69) is 97.2 Å². The van der Waals surface area contributed by atoms with Crippen LogP contribution in [0.25, 0.3) is 0 Å². The van der Waals surface area contributed by atoms with E-state index in [1.54, 1.807) is 43.3 Å². The van der Waals surface area contributed by atoms with Gasteiger partial charge in [-0.25, -0.2) is 36.4 Å². The maximum absolute atomic E-state index is 12.8. The molecular formula is C68H86F5I2N7O19SSn. The van der Waals surface area contributed by atoms with Crippen molar-refractivity contribution >= 4 is 148 Å². The summed E-state index contributed by atoms with van der Waals surface area (Å²) in [7, 11) is 4.64. The fraction of sp³-hybridized carbons (Fsp3) is 0.397. The molecule has 0 saturated carbocycles. The third-order valence-electron chi connectivity index (χ3n) is 14.2. The summed E-state index contributed by atoms with van der Waals surface area (Å²) < 4.78 is 96.5. The molecule has 5 aromatic carbocycles. The second-order valence-corrected chi connectivity index (χ2v) is 39.5. The van der Waals surface area contributed by atoms with Crippen LogP contribution in [0.3, 0.4) is 0 Å². The Kier molecular flexibility index (Phi) is 42.8. The van der Waals surface area contributed by atoms with Crippen LogP contribution >= 0.6 is 45.2 Å². The standard InChI is InChI=1S/C12H18NO2.C11H8FNO4.C11H8INO4.C11H8NO4.C8H7FINO2.3C4H9.CHF3O3S.2CH5N.Sn/c1-5-15-12(14)10-6-8-11(9-7-10)13(2,3)4;12-8-3-1-7(2-4-8)11(16)17-13-9(14)5-6-10(13)15;12-8-3-1-2-7(6-8)11(16)17-13-9(14)4-5-10(13)15;13-9-6-7-10(14)12(9)16-11(15)8-4-2-1-3-5-8;1-11-13-8(12)5-2-3-6(9)7(10)4-5;3*1-3-4-2;2-1(3,4)8(5,6)7;2*1-2;/h6-9H,5H2,1-4H3;1-4H,5-6H2;1-3,6H,4-5H2;1-2,4-5H,6-7H2;2-4,11H,1H3;3*1,3-4H2,2H3;(H,5,6,7);2*2H2,1H3;/q+1;;;;;;;;;;;/p-1/i;12-1;12-2;;9-1,10-2;;;;;;;. The van der Waals surface area contributed by atoms with Crippen molar-refractivity contribution in [2.45, 2.75) is 124 Å². The van der Waals surface area contributed by atoms with Crippen molar-refractivity contribution in [2.75, 3.05) is 48.9 Å². The van der Waals surface area contributed by atoms with E-state index in [0.29, 0.717) is 47.6 Å². The molecule has 0 aliphatic carbocycles. The van der Waals surface area contributed by atoms with Gasteiger partial charge in [-0.15, -0.1) is 10.1 Å². The summed E-state index contributed by atoms with van der Waals surface area (Å²) in [6, 6.07) is 30.7. The average Bonchev–Trinajstić information content (AvgIpc) is 1.32. The maximum Gasteiger partial charge on any atom is 0.485 e. The number of nitrogens with one attached hydrogen (secondary N) is 1. The molecule has 35 heteroatoms. The van der Waals surface area contributed by atoms with Gasteiger partial charge >= 0.3 is 209 Å². The van der Waals surface area contributed by atoms with Crippen LogP contribution in [0.1, 0.15) is 157 Å². The topological polar surface area (TPSA) is 365 Å². The zero-order valence-electron chi connectivity index (χ0n) is 58.5. The van der Waals surface area contributed by atoms with Crippen LogP contribution in [0.5, 0.6) is 0 Å². The van der Waals surface area contributed by atoms with Crippen molar-refractivity contribution in [3.63, 3.8) is 0 Å². The molecule has 0 bridgehead atoms. The van der Waals surface area contributed by atoms with Gasteiger partial charge in [-0.05, 0) is 151 Å². The number of ether oxygens (including phenoxy) is 1. The normalized spacial score (nSPS) is 13.2. The Balaban J connectivity index is 0.000000635. The molecular weight excluding hydrogens is 1710 g/mol. The summed E-state index contributed by atoms with van der Waals surface area (Å²) in [4.78, 5) is 146. The number of carbonyl (C=O) groups is 11. The van der Waals surface area contributed by atoms with Crippen molar-refractivity contribution in [1.82, 2.24) is 25.2 Å². The van der Waals surface area contributed by atoms with Crippen molar-refractivity contribution in [2.24, 2.45) is 11.5 Å². The summed E-state index contributed by atoms with van der Waals surface area (Å²) in [6.45, 7) is 8.95. The minimum Gasteiger partial charge on any atom is -0.741 e. The third kappa shape index (κ3) is 32.2. The van der Waals surface area contributed by atoms with E-state index in [1.807, 2.05) is 52.9 Å². The quantitative estimate of drug-likeness (QED) is 0.00707. The molecule has 3 fully saturated rings. The van der Waals surface area contributed by atoms with E-state index in [9.17, 15) is 74.7 Å². The fourth-order valence-electron chi connectivity index (χ4n) is 8.95. The number of halogens is 7. The first-order valence-corrected chi connectivity index (χ1v) is 43.0. The van der Waals surface area contributed by atoms with Crippen molar-refractivity contribution in [3.8, 4) is 0 Å². The average molecular weight is 1800 g/mol. The van der Waals surface area contributed by atoms with E-state index in [4.69, 9.17) is 27.4 Å². The monoisotopic (exact) mass is 1800 g/mol. The molecule has 3 aliphatic rings. The first-order chi connectivity index (χ1) is 48.5. The molecule has 5 N–H and O–H groups in total. The van der Waals surface area contributed by atoms with E-state index in [-0.39, 0.29) is 55.9 Å². The molecule has 0 atom stereocenters. The number of imide groups is 3. The number of hydrogen-bond donors (Lipinski definition) is 3. The first kappa shape index (κ1) is 93.5. The first-order valence-electron chi connectivity index (χ1n) is 31.9. The van der Waals surface area contributed by atoms with E-state index >= 15 is 0 Å². The molecule has 0 radical (unpaired) electrons. The summed E-state index contributed by atoms with van der Waals surface area (Å²) in [5.41, 5.74) is 8.51.